The van der Waals surface area contributed by atoms with Gasteiger partial charge in [-0.25, -0.2) is 8.42 Å². The molecule has 3 rings (SSSR count). The predicted octanol–water partition coefficient (Wildman–Crippen LogP) is 5.79. The molecule has 7 heteroatoms. The van der Waals surface area contributed by atoms with Gasteiger partial charge in [-0.1, -0.05) is 41.5 Å². The molecule has 0 saturated heterocycles. The van der Waals surface area contributed by atoms with Crippen LogP contribution in [0.2, 0.25) is 0 Å². The summed E-state index contributed by atoms with van der Waals surface area (Å²) < 4.78 is 34.1. The Labute approximate surface area is 203 Å². The molecule has 0 atom stereocenters. The molecule has 1 aromatic heterocycles. The minimum atomic E-state index is -3.91. The molecule has 1 heterocycles. The number of rotatable bonds is 6. The summed E-state index contributed by atoms with van der Waals surface area (Å²) in [6.45, 7) is 12.3. The van der Waals surface area contributed by atoms with Crippen molar-refractivity contribution in [1.29, 1.82) is 0 Å². The molecule has 0 aliphatic carbocycles. The summed E-state index contributed by atoms with van der Waals surface area (Å²) in [5.74, 6) is 0.838. The number of phenols is 1. The van der Waals surface area contributed by atoms with E-state index in [-0.39, 0.29) is 28.0 Å². The van der Waals surface area contributed by atoms with Crippen LogP contribution in [0.15, 0.2) is 65.8 Å². The Morgan fingerprint density at radius 3 is 1.94 bits per heavy atom. The van der Waals surface area contributed by atoms with Crippen LogP contribution >= 0.6 is 0 Å². The molecular weight excluding hydrogens is 448 g/mol. The maximum Gasteiger partial charge on any atom is 0.264 e. The highest BCUT2D eigenvalue weighted by Crippen LogP contribution is 2.40. The van der Waals surface area contributed by atoms with E-state index in [1.165, 1.54) is 29.7 Å². The fraction of sp³-hybridized carbons (Fsp3) is 0.370. The lowest BCUT2D eigenvalue weighted by Crippen LogP contribution is -2.31. The van der Waals surface area contributed by atoms with Gasteiger partial charge in [0.1, 0.15) is 11.5 Å². The van der Waals surface area contributed by atoms with Gasteiger partial charge in [0.05, 0.1) is 30.4 Å². The van der Waals surface area contributed by atoms with Crippen LogP contribution in [0.5, 0.6) is 11.5 Å². The molecule has 0 aliphatic heterocycles. The third-order valence-corrected chi connectivity index (χ3v) is 7.48. The van der Waals surface area contributed by atoms with Gasteiger partial charge in [0.25, 0.3) is 10.0 Å². The molecule has 0 radical (unpaired) electrons. The molecule has 6 nitrogen and oxygen atoms in total. The van der Waals surface area contributed by atoms with Crippen LogP contribution in [-0.2, 0) is 27.4 Å². The van der Waals surface area contributed by atoms with E-state index in [4.69, 9.17) is 4.74 Å². The minimum absolute atomic E-state index is 0.0898. The van der Waals surface area contributed by atoms with Crippen LogP contribution < -0.4 is 9.04 Å². The van der Waals surface area contributed by atoms with Crippen LogP contribution in [-0.4, -0.2) is 25.6 Å². The zero-order chi connectivity index (χ0) is 25.3. The van der Waals surface area contributed by atoms with Crippen LogP contribution in [0, 0.1) is 0 Å². The van der Waals surface area contributed by atoms with Gasteiger partial charge in [0.15, 0.2) is 0 Å². The molecule has 0 bridgehead atoms. The van der Waals surface area contributed by atoms with Gasteiger partial charge in [-0.2, -0.15) is 0 Å². The zero-order valence-electron chi connectivity index (χ0n) is 21.0. The standard InChI is InChI=1S/C27H34N2O4S/c1-26(2,3)23-15-19(16-24(25(23)30)27(4,5)6)18-29(20-9-8-14-28-17-20)34(31,32)22-12-10-21(33-7)11-13-22/h8-17,30H,18H2,1-7H3. The third kappa shape index (κ3) is 5.36. The van der Waals surface area contributed by atoms with Gasteiger partial charge in [-0.15, -0.1) is 0 Å². The fourth-order valence-electron chi connectivity index (χ4n) is 3.79. The number of sulfonamides is 1. The van der Waals surface area contributed by atoms with Gasteiger partial charge < -0.3 is 9.84 Å². The number of anilines is 1. The molecule has 0 aliphatic rings. The van der Waals surface area contributed by atoms with Gasteiger partial charge in [0, 0.05) is 6.20 Å². The first-order valence-electron chi connectivity index (χ1n) is 11.2. The number of ether oxygens (including phenoxy) is 1. The second-order valence-electron chi connectivity index (χ2n) is 10.4. The number of phenolic OH excluding ortho intramolecular Hbond substituents is 1. The number of aromatic nitrogens is 1. The summed E-state index contributed by atoms with van der Waals surface area (Å²) in [6.07, 6.45) is 3.15. The number of pyridine rings is 1. The molecule has 0 spiro atoms. The van der Waals surface area contributed by atoms with Gasteiger partial charge in [-0.05, 0) is 76.1 Å². The van der Waals surface area contributed by atoms with Crippen LogP contribution in [0.4, 0.5) is 5.69 Å². The Balaban J connectivity index is 2.18. The van der Waals surface area contributed by atoms with Crippen LogP contribution in [0.3, 0.4) is 0 Å². The summed E-state index contributed by atoms with van der Waals surface area (Å²) in [7, 11) is -2.37. The van der Waals surface area contributed by atoms with Crippen LogP contribution in [0.25, 0.3) is 0 Å². The maximum atomic E-state index is 13.8. The largest absolute Gasteiger partial charge is 0.507 e. The molecule has 0 unspecified atom stereocenters. The number of nitrogens with zero attached hydrogens (tertiary/aromatic N) is 2. The Hall–Kier alpha value is -3.06. The summed E-state index contributed by atoms with van der Waals surface area (Å²) in [5, 5.41) is 11.1. The molecule has 34 heavy (non-hydrogen) atoms. The number of hydrogen-bond acceptors (Lipinski definition) is 5. The molecule has 182 valence electrons. The number of hydrogen-bond donors (Lipinski definition) is 1. The summed E-state index contributed by atoms with van der Waals surface area (Å²) >= 11 is 0. The first-order chi connectivity index (χ1) is 15.7. The van der Waals surface area contributed by atoms with Crippen molar-refractivity contribution in [1.82, 2.24) is 4.98 Å². The SMILES string of the molecule is COc1ccc(S(=O)(=O)N(Cc2cc(C(C)(C)C)c(O)c(C(C)(C)C)c2)c2cccnc2)cc1. The van der Waals surface area contributed by atoms with Crippen molar-refractivity contribution in [3.63, 3.8) is 0 Å². The number of aromatic hydroxyl groups is 1. The second-order valence-corrected chi connectivity index (χ2v) is 12.3. The number of methoxy groups -OCH3 is 1. The summed E-state index contributed by atoms with van der Waals surface area (Å²) in [5.41, 5.74) is 2.16. The van der Waals surface area contributed by atoms with Crippen molar-refractivity contribution < 1.29 is 18.3 Å². The first-order valence-corrected chi connectivity index (χ1v) is 12.6. The Bertz CT molecular complexity index is 1210. The van der Waals surface area contributed by atoms with E-state index in [9.17, 15) is 13.5 Å². The smallest absolute Gasteiger partial charge is 0.264 e. The summed E-state index contributed by atoms with van der Waals surface area (Å²) in [4.78, 5) is 4.30. The lowest BCUT2D eigenvalue weighted by Gasteiger charge is -2.30. The minimum Gasteiger partial charge on any atom is -0.507 e. The maximum absolute atomic E-state index is 13.8. The molecule has 0 saturated carbocycles. The average molecular weight is 483 g/mol. The van der Waals surface area contributed by atoms with Crippen molar-refractivity contribution in [3.8, 4) is 11.5 Å². The molecule has 0 amide bonds. The molecule has 0 fully saturated rings. The van der Waals surface area contributed by atoms with Crippen molar-refractivity contribution in [2.24, 2.45) is 0 Å². The van der Waals surface area contributed by atoms with Crippen molar-refractivity contribution >= 4 is 15.7 Å². The predicted molar refractivity (Wildman–Crippen MR) is 136 cm³/mol. The fourth-order valence-corrected chi connectivity index (χ4v) is 5.23. The molecule has 1 N–H and O–H groups in total. The first kappa shape index (κ1) is 25.6. The molecule has 3 aromatic rings. The van der Waals surface area contributed by atoms with E-state index < -0.39 is 10.0 Å². The van der Waals surface area contributed by atoms with Gasteiger partial charge in [0.2, 0.25) is 0 Å². The molecule has 2 aromatic carbocycles. The lowest BCUT2D eigenvalue weighted by molar-refractivity contribution is 0.414. The lowest BCUT2D eigenvalue weighted by atomic mass is 9.78. The third-order valence-electron chi connectivity index (χ3n) is 5.69. The van der Waals surface area contributed by atoms with Crippen LogP contribution in [0.1, 0.15) is 58.2 Å². The van der Waals surface area contributed by atoms with E-state index >= 15 is 0 Å². The Kier molecular flexibility index (Phi) is 6.99. The quantitative estimate of drug-likeness (QED) is 0.481. The van der Waals surface area contributed by atoms with Gasteiger partial charge >= 0.3 is 0 Å². The number of benzene rings is 2. The molecular formula is C27H34N2O4S. The second kappa shape index (κ2) is 9.29. The monoisotopic (exact) mass is 482 g/mol. The highest BCUT2D eigenvalue weighted by molar-refractivity contribution is 7.92. The van der Waals surface area contributed by atoms with E-state index in [1.807, 2.05) is 53.7 Å². The van der Waals surface area contributed by atoms with E-state index in [1.54, 1.807) is 30.5 Å². The van der Waals surface area contributed by atoms with Crippen molar-refractivity contribution in [3.05, 3.63) is 77.6 Å². The average Bonchev–Trinajstić information content (AvgIpc) is 2.77. The topological polar surface area (TPSA) is 79.7 Å². The highest BCUT2D eigenvalue weighted by atomic mass is 32.2. The Morgan fingerprint density at radius 1 is 0.941 bits per heavy atom. The van der Waals surface area contributed by atoms with E-state index in [2.05, 4.69) is 4.98 Å². The normalized spacial score (nSPS) is 12.4. The van der Waals surface area contributed by atoms with Crippen molar-refractivity contribution in [2.45, 2.75) is 63.8 Å². The van der Waals surface area contributed by atoms with E-state index in [0.29, 0.717) is 11.4 Å². The Morgan fingerprint density at radius 2 is 1.50 bits per heavy atom. The summed E-state index contributed by atoms with van der Waals surface area (Å²) in [6, 6.07) is 13.6. The zero-order valence-corrected chi connectivity index (χ0v) is 21.8. The van der Waals surface area contributed by atoms with E-state index in [0.717, 1.165) is 16.7 Å². The van der Waals surface area contributed by atoms with Gasteiger partial charge in [-0.3, -0.25) is 9.29 Å². The van der Waals surface area contributed by atoms with Crippen molar-refractivity contribution in [2.75, 3.05) is 11.4 Å². The highest BCUT2D eigenvalue weighted by Gasteiger charge is 2.30.